The highest BCUT2D eigenvalue weighted by molar-refractivity contribution is 6.04. The highest BCUT2D eigenvalue weighted by Gasteiger charge is 2.17. The van der Waals surface area contributed by atoms with Gasteiger partial charge in [-0.3, -0.25) is 9.48 Å². The van der Waals surface area contributed by atoms with Crippen LogP contribution in [0.3, 0.4) is 0 Å². The Morgan fingerprint density at radius 1 is 1.25 bits per heavy atom. The first kappa shape index (κ1) is 15.4. The van der Waals surface area contributed by atoms with E-state index in [2.05, 4.69) is 16.5 Å². The summed E-state index contributed by atoms with van der Waals surface area (Å²) in [4.78, 5) is 12.5. The van der Waals surface area contributed by atoms with Crippen LogP contribution in [0.2, 0.25) is 0 Å². The summed E-state index contributed by atoms with van der Waals surface area (Å²) in [5.74, 6) is -0.0694. The van der Waals surface area contributed by atoms with Crippen molar-refractivity contribution < 1.29 is 9.53 Å². The Morgan fingerprint density at radius 3 is 2.96 bits per heavy atom. The van der Waals surface area contributed by atoms with Gasteiger partial charge in [0.1, 0.15) is 0 Å². The molecule has 4 rings (SSSR count). The quantitative estimate of drug-likeness (QED) is 0.939. The summed E-state index contributed by atoms with van der Waals surface area (Å²) < 4.78 is 7.47. The second-order valence-corrected chi connectivity index (χ2v) is 6.73. The average Bonchev–Trinajstić information content (AvgIpc) is 3.27. The van der Waals surface area contributed by atoms with Crippen molar-refractivity contribution in [3.63, 3.8) is 0 Å². The molecule has 1 aliphatic carbocycles. The van der Waals surface area contributed by atoms with E-state index < -0.39 is 0 Å². The Balaban J connectivity index is 1.41. The van der Waals surface area contributed by atoms with Crippen LogP contribution >= 0.6 is 0 Å². The molecule has 1 aliphatic heterocycles. The van der Waals surface area contributed by atoms with E-state index in [0.717, 1.165) is 50.1 Å². The zero-order chi connectivity index (χ0) is 16.4. The van der Waals surface area contributed by atoms with Crippen molar-refractivity contribution in [1.82, 2.24) is 9.78 Å². The summed E-state index contributed by atoms with van der Waals surface area (Å²) >= 11 is 0. The molecule has 1 aromatic carbocycles. The van der Waals surface area contributed by atoms with Gasteiger partial charge >= 0.3 is 0 Å². The Kier molecular flexibility index (Phi) is 4.34. The van der Waals surface area contributed by atoms with Crippen LogP contribution in [-0.2, 0) is 24.1 Å². The number of aryl methyl sites for hydroxylation is 2. The van der Waals surface area contributed by atoms with Gasteiger partial charge in [-0.1, -0.05) is 6.07 Å². The number of nitrogens with zero attached hydrogens (tertiary/aromatic N) is 2. The fourth-order valence-electron chi connectivity index (χ4n) is 3.60. The number of benzene rings is 1. The number of aromatic nitrogens is 2. The molecule has 5 nitrogen and oxygen atoms in total. The summed E-state index contributed by atoms with van der Waals surface area (Å²) in [5, 5.41) is 7.27. The molecule has 1 unspecified atom stereocenters. The minimum absolute atomic E-state index is 0.0694. The van der Waals surface area contributed by atoms with Gasteiger partial charge in [0.05, 0.1) is 24.5 Å². The van der Waals surface area contributed by atoms with Crippen LogP contribution in [0.25, 0.3) is 0 Å². The molecule has 1 atom stereocenters. The molecule has 1 fully saturated rings. The van der Waals surface area contributed by atoms with Gasteiger partial charge in [-0.05, 0) is 61.8 Å². The highest BCUT2D eigenvalue weighted by atomic mass is 16.5. The normalized spacial score (nSPS) is 19.9. The fourth-order valence-corrected chi connectivity index (χ4v) is 3.60. The SMILES string of the molecule is O=C(Nc1cnn(CC2CCCO2)c1)c1ccc2c(c1)CCCC2. The molecule has 1 aromatic heterocycles. The summed E-state index contributed by atoms with van der Waals surface area (Å²) in [6, 6.07) is 6.07. The van der Waals surface area contributed by atoms with E-state index >= 15 is 0 Å². The molecule has 24 heavy (non-hydrogen) atoms. The molecule has 1 saturated heterocycles. The number of carbonyl (C=O) groups excluding carboxylic acids is 1. The van der Waals surface area contributed by atoms with Crippen LogP contribution in [0.15, 0.2) is 30.6 Å². The molecule has 0 spiro atoms. The number of anilines is 1. The Bertz CT molecular complexity index is 732. The van der Waals surface area contributed by atoms with Crippen molar-refractivity contribution in [3.8, 4) is 0 Å². The zero-order valence-corrected chi connectivity index (χ0v) is 13.8. The lowest BCUT2D eigenvalue weighted by atomic mass is 9.90. The standard InChI is InChI=1S/C19H23N3O2/c23-19(16-8-7-14-4-1-2-5-15(14)10-16)21-17-11-20-22(12-17)13-18-6-3-9-24-18/h7-8,10-12,18H,1-6,9,13H2,(H,21,23). The number of carbonyl (C=O) groups is 1. The topological polar surface area (TPSA) is 56.2 Å². The number of hydrogen-bond donors (Lipinski definition) is 1. The van der Waals surface area contributed by atoms with Gasteiger partial charge in [-0.25, -0.2) is 0 Å². The summed E-state index contributed by atoms with van der Waals surface area (Å²) in [6.07, 6.45) is 10.7. The van der Waals surface area contributed by atoms with Crippen molar-refractivity contribution in [1.29, 1.82) is 0 Å². The Morgan fingerprint density at radius 2 is 2.12 bits per heavy atom. The first-order valence-electron chi connectivity index (χ1n) is 8.85. The molecule has 1 N–H and O–H groups in total. The van der Waals surface area contributed by atoms with Crippen LogP contribution in [0.1, 0.15) is 47.2 Å². The maximum absolute atomic E-state index is 12.5. The molecule has 2 heterocycles. The van der Waals surface area contributed by atoms with Crippen LogP contribution < -0.4 is 5.32 Å². The van der Waals surface area contributed by atoms with Gasteiger partial charge in [0.15, 0.2) is 0 Å². The van der Waals surface area contributed by atoms with E-state index in [1.54, 1.807) is 6.20 Å². The minimum atomic E-state index is -0.0694. The number of fused-ring (bicyclic) bond motifs is 1. The van der Waals surface area contributed by atoms with E-state index in [-0.39, 0.29) is 12.0 Å². The predicted octanol–water partition coefficient (Wildman–Crippen LogP) is 3.19. The number of amides is 1. The first-order chi connectivity index (χ1) is 11.8. The van der Waals surface area contributed by atoms with Gasteiger partial charge in [-0.15, -0.1) is 0 Å². The smallest absolute Gasteiger partial charge is 0.255 e. The Labute approximate surface area is 142 Å². The van der Waals surface area contributed by atoms with Crippen LogP contribution in [0.4, 0.5) is 5.69 Å². The van der Waals surface area contributed by atoms with Gasteiger partial charge in [-0.2, -0.15) is 5.10 Å². The van der Waals surface area contributed by atoms with E-state index in [1.807, 2.05) is 23.0 Å². The van der Waals surface area contributed by atoms with E-state index in [1.165, 1.54) is 24.0 Å². The molecule has 0 saturated carbocycles. The number of nitrogens with one attached hydrogen (secondary N) is 1. The molecule has 0 radical (unpaired) electrons. The lowest BCUT2D eigenvalue weighted by molar-refractivity contribution is 0.0940. The second kappa shape index (κ2) is 6.77. The third-order valence-corrected chi connectivity index (χ3v) is 4.92. The van der Waals surface area contributed by atoms with Crippen LogP contribution in [0, 0.1) is 0 Å². The van der Waals surface area contributed by atoms with Crippen molar-refractivity contribution in [2.45, 2.75) is 51.2 Å². The number of hydrogen-bond acceptors (Lipinski definition) is 3. The lowest BCUT2D eigenvalue weighted by Gasteiger charge is -2.16. The van der Waals surface area contributed by atoms with Crippen molar-refractivity contribution in [2.24, 2.45) is 0 Å². The zero-order valence-electron chi connectivity index (χ0n) is 13.8. The average molecular weight is 325 g/mol. The third kappa shape index (κ3) is 3.36. The molecule has 5 heteroatoms. The second-order valence-electron chi connectivity index (χ2n) is 6.73. The predicted molar refractivity (Wildman–Crippen MR) is 92.2 cm³/mol. The monoisotopic (exact) mass is 325 g/mol. The van der Waals surface area contributed by atoms with E-state index in [9.17, 15) is 4.79 Å². The summed E-state index contributed by atoms with van der Waals surface area (Å²) in [6.45, 7) is 1.59. The number of ether oxygens (including phenoxy) is 1. The Hall–Kier alpha value is -2.14. The molecule has 2 aromatic rings. The molecule has 126 valence electrons. The fraction of sp³-hybridized carbons (Fsp3) is 0.474. The van der Waals surface area contributed by atoms with Crippen molar-refractivity contribution in [3.05, 3.63) is 47.3 Å². The van der Waals surface area contributed by atoms with Gasteiger partial charge in [0, 0.05) is 18.4 Å². The van der Waals surface area contributed by atoms with E-state index in [4.69, 9.17) is 4.74 Å². The molecular formula is C19H23N3O2. The highest BCUT2D eigenvalue weighted by Crippen LogP contribution is 2.23. The first-order valence-corrected chi connectivity index (χ1v) is 8.85. The maximum Gasteiger partial charge on any atom is 0.255 e. The summed E-state index contributed by atoms with van der Waals surface area (Å²) in [5.41, 5.74) is 4.17. The van der Waals surface area contributed by atoms with Crippen molar-refractivity contribution >= 4 is 11.6 Å². The maximum atomic E-state index is 12.5. The number of rotatable bonds is 4. The molecule has 2 aliphatic rings. The summed E-state index contributed by atoms with van der Waals surface area (Å²) in [7, 11) is 0. The van der Waals surface area contributed by atoms with Crippen LogP contribution in [0.5, 0.6) is 0 Å². The van der Waals surface area contributed by atoms with Gasteiger partial charge in [0.2, 0.25) is 0 Å². The molecule has 0 bridgehead atoms. The minimum Gasteiger partial charge on any atom is -0.376 e. The van der Waals surface area contributed by atoms with Crippen LogP contribution in [-0.4, -0.2) is 28.4 Å². The van der Waals surface area contributed by atoms with Gasteiger partial charge < -0.3 is 10.1 Å². The van der Waals surface area contributed by atoms with Gasteiger partial charge in [0.25, 0.3) is 5.91 Å². The largest absolute Gasteiger partial charge is 0.376 e. The van der Waals surface area contributed by atoms with E-state index in [0.29, 0.717) is 0 Å². The third-order valence-electron chi connectivity index (χ3n) is 4.92. The molecular weight excluding hydrogens is 302 g/mol. The van der Waals surface area contributed by atoms with Crippen molar-refractivity contribution in [2.75, 3.05) is 11.9 Å². The lowest BCUT2D eigenvalue weighted by Crippen LogP contribution is -2.15. The molecule has 1 amide bonds.